The van der Waals surface area contributed by atoms with Crippen molar-refractivity contribution in [3.63, 3.8) is 0 Å². The quantitative estimate of drug-likeness (QED) is 0.889. The Bertz CT molecular complexity index is 458. The number of amides is 1. The summed E-state index contributed by atoms with van der Waals surface area (Å²) in [7, 11) is 0. The molecule has 0 atom stereocenters. The maximum atomic E-state index is 12.4. The summed E-state index contributed by atoms with van der Waals surface area (Å²) < 4.78 is 37.2. The van der Waals surface area contributed by atoms with Crippen LogP contribution in [-0.4, -0.2) is 12.5 Å². The number of anilines is 1. The van der Waals surface area contributed by atoms with E-state index in [0.29, 0.717) is 5.69 Å². The van der Waals surface area contributed by atoms with Crippen molar-refractivity contribution in [2.24, 2.45) is 11.1 Å². The van der Waals surface area contributed by atoms with E-state index in [2.05, 4.69) is 5.32 Å². The smallest absolute Gasteiger partial charge is 0.329 e. The van der Waals surface area contributed by atoms with Gasteiger partial charge < -0.3 is 11.1 Å². The normalized spacial score (nSPS) is 17.7. The summed E-state index contributed by atoms with van der Waals surface area (Å²) in [5.41, 5.74) is 4.68. The highest BCUT2D eigenvalue weighted by atomic mass is 19.4. The molecule has 6 heteroatoms. The lowest BCUT2D eigenvalue weighted by atomic mass is 9.68. The SMILES string of the molecule is NCC1(C(=O)Nc2ccc(C(F)(F)F)cc2)CCC1. The molecule has 1 aliphatic rings. The van der Waals surface area contributed by atoms with Gasteiger partial charge in [-0.25, -0.2) is 0 Å². The molecule has 0 aliphatic heterocycles. The first kappa shape index (κ1) is 13.9. The fourth-order valence-corrected chi connectivity index (χ4v) is 2.13. The fourth-order valence-electron chi connectivity index (χ4n) is 2.13. The summed E-state index contributed by atoms with van der Waals surface area (Å²) in [5.74, 6) is -0.207. The Balaban J connectivity index is 2.06. The Labute approximate surface area is 109 Å². The van der Waals surface area contributed by atoms with Crippen LogP contribution in [0.3, 0.4) is 0 Å². The predicted molar refractivity (Wildman–Crippen MR) is 65.4 cm³/mol. The van der Waals surface area contributed by atoms with Crippen LogP contribution in [0.2, 0.25) is 0 Å². The minimum Gasteiger partial charge on any atom is -0.329 e. The zero-order valence-corrected chi connectivity index (χ0v) is 10.3. The van der Waals surface area contributed by atoms with Gasteiger partial charge in [0.1, 0.15) is 0 Å². The highest BCUT2D eigenvalue weighted by molar-refractivity contribution is 5.96. The summed E-state index contributed by atoms with van der Waals surface area (Å²) in [4.78, 5) is 12.0. The van der Waals surface area contributed by atoms with E-state index in [4.69, 9.17) is 5.73 Å². The predicted octanol–water partition coefficient (Wildman–Crippen LogP) is 2.77. The van der Waals surface area contributed by atoms with E-state index in [1.807, 2.05) is 0 Å². The molecule has 0 bridgehead atoms. The van der Waals surface area contributed by atoms with Crippen molar-refractivity contribution in [3.05, 3.63) is 29.8 Å². The first-order valence-electron chi connectivity index (χ1n) is 6.06. The Hall–Kier alpha value is -1.56. The van der Waals surface area contributed by atoms with Gasteiger partial charge in [-0.05, 0) is 37.1 Å². The fraction of sp³-hybridized carbons (Fsp3) is 0.462. The second-order valence-electron chi connectivity index (χ2n) is 4.87. The van der Waals surface area contributed by atoms with E-state index < -0.39 is 17.2 Å². The molecule has 1 aliphatic carbocycles. The van der Waals surface area contributed by atoms with Gasteiger partial charge in [-0.1, -0.05) is 6.42 Å². The molecular weight excluding hydrogens is 257 g/mol. The van der Waals surface area contributed by atoms with Crippen molar-refractivity contribution in [1.82, 2.24) is 0 Å². The van der Waals surface area contributed by atoms with E-state index in [-0.39, 0.29) is 12.5 Å². The lowest BCUT2D eigenvalue weighted by molar-refractivity contribution is -0.137. The molecule has 0 heterocycles. The van der Waals surface area contributed by atoms with Crippen LogP contribution in [0, 0.1) is 5.41 Å². The van der Waals surface area contributed by atoms with Crippen molar-refractivity contribution in [1.29, 1.82) is 0 Å². The van der Waals surface area contributed by atoms with Crippen LogP contribution in [0.15, 0.2) is 24.3 Å². The minimum atomic E-state index is -4.37. The van der Waals surface area contributed by atoms with E-state index in [9.17, 15) is 18.0 Å². The molecule has 0 spiro atoms. The van der Waals surface area contributed by atoms with Crippen LogP contribution in [-0.2, 0) is 11.0 Å². The van der Waals surface area contributed by atoms with Gasteiger partial charge >= 0.3 is 6.18 Å². The van der Waals surface area contributed by atoms with Gasteiger partial charge in [0.15, 0.2) is 0 Å². The molecule has 1 saturated carbocycles. The third kappa shape index (κ3) is 2.73. The average molecular weight is 272 g/mol. The Morgan fingerprint density at radius 2 is 1.84 bits per heavy atom. The zero-order chi connectivity index (χ0) is 14.1. The molecule has 19 heavy (non-hydrogen) atoms. The number of halogens is 3. The number of benzene rings is 1. The largest absolute Gasteiger partial charge is 0.416 e. The van der Waals surface area contributed by atoms with Crippen LogP contribution < -0.4 is 11.1 Å². The number of hydrogen-bond donors (Lipinski definition) is 2. The van der Waals surface area contributed by atoms with Crippen molar-refractivity contribution >= 4 is 11.6 Å². The molecule has 1 amide bonds. The molecule has 0 radical (unpaired) electrons. The first-order valence-corrected chi connectivity index (χ1v) is 6.06. The van der Waals surface area contributed by atoms with E-state index in [0.717, 1.165) is 31.4 Å². The number of carbonyl (C=O) groups excluding carboxylic acids is 1. The third-order valence-electron chi connectivity index (χ3n) is 3.65. The van der Waals surface area contributed by atoms with Gasteiger partial charge in [0, 0.05) is 12.2 Å². The highest BCUT2D eigenvalue weighted by Crippen LogP contribution is 2.41. The molecule has 0 aromatic heterocycles. The van der Waals surface area contributed by atoms with Gasteiger partial charge in [0.2, 0.25) is 5.91 Å². The van der Waals surface area contributed by atoms with Crippen molar-refractivity contribution in [2.45, 2.75) is 25.4 Å². The lowest BCUT2D eigenvalue weighted by Gasteiger charge is -2.39. The average Bonchev–Trinajstić information content (AvgIpc) is 2.27. The molecule has 2 rings (SSSR count). The number of hydrogen-bond acceptors (Lipinski definition) is 2. The van der Waals surface area contributed by atoms with Crippen molar-refractivity contribution in [2.75, 3.05) is 11.9 Å². The van der Waals surface area contributed by atoms with E-state index >= 15 is 0 Å². The molecule has 0 unspecified atom stereocenters. The summed E-state index contributed by atoms with van der Waals surface area (Å²) >= 11 is 0. The summed E-state index contributed by atoms with van der Waals surface area (Å²) in [6.45, 7) is 0.263. The molecule has 3 N–H and O–H groups in total. The van der Waals surface area contributed by atoms with Crippen molar-refractivity contribution < 1.29 is 18.0 Å². The summed E-state index contributed by atoms with van der Waals surface area (Å²) in [6.07, 6.45) is -1.95. The van der Waals surface area contributed by atoms with Crippen molar-refractivity contribution in [3.8, 4) is 0 Å². The van der Waals surface area contributed by atoms with Crippen LogP contribution >= 0.6 is 0 Å². The van der Waals surface area contributed by atoms with Gasteiger partial charge in [0.25, 0.3) is 0 Å². The van der Waals surface area contributed by atoms with Crippen LogP contribution in [0.25, 0.3) is 0 Å². The Morgan fingerprint density at radius 3 is 2.21 bits per heavy atom. The van der Waals surface area contributed by atoms with E-state index in [1.165, 1.54) is 12.1 Å². The van der Waals surface area contributed by atoms with Crippen LogP contribution in [0.5, 0.6) is 0 Å². The van der Waals surface area contributed by atoms with Crippen LogP contribution in [0.4, 0.5) is 18.9 Å². The first-order chi connectivity index (χ1) is 8.87. The molecular formula is C13H15F3N2O. The second kappa shape index (κ2) is 4.85. The number of alkyl halides is 3. The maximum absolute atomic E-state index is 12.4. The van der Waals surface area contributed by atoms with Gasteiger partial charge in [0.05, 0.1) is 11.0 Å². The second-order valence-corrected chi connectivity index (χ2v) is 4.87. The summed E-state index contributed by atoms with van der Waals surface area (Å²) in [5, 5.41) is 2.63. The molecule has 3 nitrogen and oxygen atoms in total. The standard InChI is InChI=1S/C13H15F3N2O/c14-13(15,16)9-2-4-10(5-3-9)18-11(19)12(8-17)6-1-7-12/h2-5H,1,6-8,17H2,(H,18,19). The Kier molecular flexibility index (Phi) is 3.54. The molecule has 104 valence electrons. The molecule has 1 fully saturated rings. The minimum absolute atomic E-state index is 0.207. The van der Waals surface area contributed by atoms with Gasteiger partial charge in [-0.15, -0.1) is 0 Å². The molecule has 1 aromatic carbocycles. The number of carbonyl (C=O) groups is 1. The monoisotopic (exact) mass is 272 g/mol. The third-order valence-corrected chi connectivity index (χ3v) is 3.65. The number of nitrogens with two attached hydrogens (primary N) is 1. The molecule has 0 saturated heterocycles. The number of rotatable bonds is 3. The highest BCUT2D eigenvalue weighted by Gasteiger charge is 2.42. The van der Waals surface area contributed by atoms with E-state index in [1.54, 1.807) is 0 Å². The zero-order valence-electron chi connectivity index (χ0n) is 10.3. The van der Waals surface area contributed by atoms with Gasteiger partial charge in [-0.3, -0.25) is 4.79 Å². The number of nitrogens with one attached hydrogen (secondary N) is 1. The van der Waals surface area contributed by atoms with Crippen LogP contribution in [0.1, 0.15) is 24.8 Å². The maximum Gasteiger partial charge on any atom is 0.416 e. The molecule has 1 aromatic rings. The summed E-state index contributed by atoms with van der Waals surface area (Å²) in [6, 6.07) is 4.41. The lowest BCUT2D eigenvalue weighted by Crippen LogP contribution is -2.47. The van der Waals surface area contributed by atoms with Gasteiger partial charge in [-0.2, -0.15) is 13.2 Å². The Morgan fingerprint density at radius 1 is 1.26 bits per heavy atom. The topological polar surface area (TPSA) is 55.1 Å².